The van der Waals surface area contributed by atoms with Crippen molar-refractivity contribution in [3.63, 3.8) is 0 Å². The van der Waals surface area contributed by atoms with Gasteiger partial charge in [-0.3, -0.25) is 0 Å². The van der Waals surface area contributed by atoms with E-state index in [4.69, 9.17) is 9.84 Å². The largest absolute Gasteiger partial charge is 0.508 e. The van der Waals surface area contributed by atoms with Crippen molar-refractivity contribution in [3.8, 4) is 5.75 Å². The lowest BCUT2D eigenvalue weighted by molar-refractivity contribution is -0.131. The number of aliphatic carboxylic acids is 1. The Morgan fingerprint density at radius 1 is 0.884 bits per heavy atom. The van der Waals surface area contributed by atoms with E-state index in [0.717, 1.165) is 76.5 Å². The van der Waals surface area contributed by atoms with Crippen molar-refractivity contribution in [2.45, 2.75) is 57.7 Å². The van der Waals surface area contributed by atoms with E-state index in [2.05, 4.69) is 35.6 Å². The summed E-state index contributed by atoms with van der Waals surface area (Å²) in [4.78, 5) is 10.1. The van der Waals surface area contributed by atoms with Gasteiger partial charge in [0.2, 0.25) is 0 Å². The third kappa shape index (κ3) is 15.4. The molecular weight excluding hydrogens is 556 g/mol. The highest BCUT2D eigenvalue weighted by Crippen LogP contribution is 2.22. The minimum atomic E-state index is -1.13. The van der Waals surface area contributed by atoms with Gasteiger partial charge < -0.3 is 30.5 Å². The summed E-state index contributed by atoms with van der Waals surface area (Å²) in [5.41, 5.74) is 2.84. The quantitative estimate of drug-likeness (QED) is 0.0877. The van der Waals surface area contributed by atoms with Crippen LogP contribution in [0.25, 0.3) is 6.08 Å². The number of aliphatic hydroxyl groups is 2. The van der Waals surface area contributed by atoms with Gasteiger partial charge in [-0.05, 0) is 85.7 Å². The Hall–Kier alpha value is -3.63. The second kappa shape index (κ2) is 21.1. The lowest BCUT2D eigenvalue weighted by Gasteiger charge is -2.14. The number of carbonyl (C=O) groups is 1. The first-order chi connectivity index (χ1) is 20.8. The molecule has 1 atom stereocenters. The van der Waals surface area contributed by atoms with E-state index in [0.29, 0.717) is 23.2 Å². The molecule has 1 unspecified atom stereocenters. The molecule has 43 heavy (non-hydrogen) atoms. The highest BCUT2D eigenvalue weighted by molar-refractivity contribution is 5.85. The molecule has 0 amide bonds. The highest BCUT2D eigenvalue weighted by atomic mass is 19.2. The standard InChI is InChI=1S/C25H37NO4.C9H6F2O2/c27-20-23-18-22(13-14-24(23)28)25(29)19-26-15-7-1-2-8-16-30-17-9-6-12-21-10-4-3-5-11-21;10-7-3-1-6(5-8(7)11)2-4-9(12)13/h3-5,10-11,13-14,18,25-29H,1-2,6-9,12,15-17,19-20H2;1-5H,(H,12,13). The number of nitrogens with one attached hydrogen (secondary N) is 1. The average Bonchev–Trinajstić information content (AvgIpc) is 3.01. The summed E-state index contributed by atoms with van der Waals surface area (Å²) in [6.07, 6.45) is 9.28. The van der Waals surface area contributed by atoms with Crippen molar-refractivity contribution < 1.29 is 38.7 Å². The third-order valence-electron chi connectivity index (χ3n) is 6.60. The molecule has 0 spiro atoms. The Kier molecular flexibility index (Phi) is 17.5. The Bertz CT molecular complexity index is 1240. The van der Waals surface area contributed by atoms with E-state index in [9.17, 15) is 28.9 Å². The first-order valence-electron chi connectivity index (χ1n) is 14.6. The lowest BCUT2D eigenvalue weighted by atomic mass is 10.1. The van der Waals surface area contributed by atoms with Crippen LogP contribution in [0.5, 0.6) is 5.75 Å². The van der Waals surface area contributed by atoms with Crippen LogP contribution in [0.2, 0.25) is 0 Å². The third-order valence-corrected chi connectivity index (χ3v) is 6.60. The van der Waals surface area contributed by atoms with E-state index in [1.807, 2.05) is 0 Å². The summed E-state index contributed by atoms with van der Waals surface area (Å²) in [6, 6.07) is 18.6. The smallest absolute Gasteiger partial charge is 0.328 e. The van der Waals surface area contributed by atoms with E-state index in [-0.39, 0.29) is 12.4 Å². The normalized spacial score (nSPS) is 11.7. The molecule has 3 aromatic rings. The summed E-state index contributed by atoms with van der Waals surface area (Å²) in [5, 5.41) is 40.5. The van der Waals surface area contributed by atoms with Gasteiger partial charge in [0, 0.05) is 31.4 Å². The van der Waals surface area contributed by atoms with Gasteiger partial charge in [-0.15, -0.1) is 0 Å². The van der Waals surface area contributed by atoms with Gasteiger partial charge in [-0.2, -0.15) is 0 Å². The lowest BCUT2D eigenvalue weighted by Crippen LogP contribution is -2.22. The van der Waals surface area contributed by atoms with Crippen molar-refractivity contribution in [2.24, 2.45) is 0 Å². The van der Waals surface area contributed by atoms with Crippen molar-refractivity contribution in [3.05, 3.63) is 107 Å². The molecule has 0 fully saturated rings. The number of phenols is 1. The molecule has 3 rings (SSSR count). The number of aliphatic hydroxyl groups excluding tert-OH is 2. The Balaban J connectivity index is 0.000000413. The number of rotatable bonds is 18. The Morgan fingerprint density at radius 3 is 2.30 bits per heavy atom. The van der Waals surface area contributed by atoms with Crippen LogP contribution in [0.3, 0.4) is 0 Å². The van der Waals surface area contributed by atoms with Gasteiger partial charge in [0.15, 0.2) is 11.6 Å². The minimum absolute atomic E-state index is 0.0533. The van der Waals surface area contributed by atoms with Crippen molar-refractivity contribution >= 4 is 12.0 Å². The number of ether oxygens (including phenoxy) is 1. The molecule has 3 aromatic carbocycles. The van der Waals surface area contributed by atoms with E-state index in [1.165, 1.54) is 30.2 Å². The zero-order chi connectivity index (χ0) is 31.3. The fraction of sp³-hybridized carbons (Fsp3) is 0.382. The molecule has 0 bridgehead atoms. The number of hydrogen-bond donors (Lipinski definition) is 5. The molecule has 234 valence electrons. The van der Waals surface area contributed by atoms with Gasteiger partial charge in [0.25, 0.3) is 0 Å². The van der Waals surface area contributed by atoms with Gasteiger partial charge in [-0.25, -0.2) is 13.6 Å². The number of halogens is 2. The number of unbranched alkanes of at least 4 members (excludes halogenated alkanes) is 4. The fourth-order valence-corrected chi connectivity index (χ4v) is 4.17. The monoisotopic (exact) mass is 599 g/mol. The number of hydrogen-bond acceptors (Lipinski definition) is 6. The zero-order valence-electron chi connectivity index (χ0n) is 24.4. The van der Waals surface area contributed by atoms with Gasteiger partial charge in [0.1, 0.15) is 5.75 Å². The maximum absolute atomic E-state index is 12.5. The van der Waals surface area contributed by atoms with Gasteiger partial charge in [-0.1, -0.05) is 55.3 Å². The fourth-order valence-electron chi connectivity index (χ4n) is 4.17. The van der Waals surface area contributed by atoms with E-state index < -0.39 is 23.7 Å². The summed E-state index contributed by atoms with van der Waals surface area (Å²) in [6.45, 7) is 2.77. The Labute approximate surface area is 252 Å². The summed E-state index contributed by atoms with van der Waals surface area (Å²) in [5.74, 6) is -3.03. The summed E-state index contributed by atoms with van der Waals surface area (Å²) in [7, 11) is 0. The van der Waals surface area contributed by atoms with Crippen LogP contribution in [-0.4, -0.2) is 52.7 Å². The maximum Gasteiger partial charge on any atom is 0.328 e. The number of carboxylic acid groups (broad SMARTS) is 1. The van der Waals surface area contributed by atoms with Crippen molar-refractivity contribution in [1.82, 2.24) is 5.32 Å². The van der Waals surface area contributed by atoms with Crippen LogP contribution in [0, 0.1) is 11.6 Å². The molecule has 0 saturated heterocycles. The molecule has 0 aliphatic heterocycles. The van der Waals surface area contributed by atoms with Crippen LogP contribution < -0.4 is 5.32 Å². The molecular formula is C34H43F2NO6. The molecule has 9 heteroatoms. The Morgan fingerprint density at radius 2 is 1.60 bits per heavy atom. The number of carboxylic acids is 1. The number of aryl methyl sites for hydroxylation is 1. The number of benzene rings is 3. The summed E-state index contributed by atoms with van der Waals surface area (Å²) < 4.78 is 30.7. The SMILES string of the molecule is O=C(O)C=Cc1ccc(F)c(F)c1.OCc1cc(C(O)CNCCCCCCOCCCCc2ccccc2)ccc1O. The van der Waals surface area contributed by atoms with Gasteiger partial charge in [0.05, 0.1) is 12.7 Å². The highest BCUT2D eigenvalue weighted by Gasteiger charge is 2.10. The summed E-state index contributed by atoms with van der Waals surface area (Å²) >= 11 is 0. The van der Waals surface area contributed by atoms with Crippen molar-refractivity contribution in [1.29, 1.82) is 0 Å². The molecule has 0 saturated carbocycles. The topological polar surface area (TPSA) is 119 Å². The second-order valence-electron chi connectivity index (χ2n) is 10.1. The number of aromatic hydroxyl groups is 1. The van der Waals surface area contributed by atoms with Crippen LogP contribution in [0.1, 0.15) is 66.9 Å². The van der Waals surface area contributed by atoms with Crippen molar-refractivity contribution in [2.75, 3.05) is 26.3 Å². The predicted octanol–water partition coefficient (Wildman–Crippen LogP) is 6.17. The average molecular weight is 600 g/mol. The maximum atomic E-state index is 12.5. The van der Waals surface area contributed by atoms with Gasteiger partial charge >= 0.3 is 5.97 Å². The molecule has 7 nitrogen and oxygen atoms in total. The van der Waals surface area contributed by atoms with Crippen LogP contribution >= 0.6 is 0 Å². The predicted molar refractivity (Wildman–Crippen MR) is 164 cm³/mol. The van der Waals surface area contributed by atoms with Crippen LogP contribution in [0.4, 0.5) is 8.78 Å². The van der Waals surface area contributed by atoms with E-state index >= 15 is 0 Å². The molecule has 5 N–H and O–H groups in total. The zero-order valence-corrected chi connectivity index (χ0v) is 24.4. The molecule has 0 aliphatic rings. The van der Waals surface area contributed by atoms with Crippen LogP contribution in [0.15, 0.2) is 72.8 Å². The molecule has 0 heterocycles. The first-order valence-corrected chi connectivity index (χ1v) is 14.6. The minimum Gasteiger partial charge on any atom is -0.508 e. The van der Waals surface area contributed by atoms with Crippen LogP contribution in [-0.2, 0) is 22.6 Å². The molecule has 0 aromatic heterocycles. The first kappa shape index (κ1) is 35.6. The second-order valence-corrected chi connectivity index (χ2v) is 10.1. The molecule has 0 aliphatic carbocycles. The van der Waals surface area contributed by atoms with E-state index in [1.54, 1.807) is 12.1 Å². The molecule has 0 radical (unpaired) electrons.